The van der Waals surface area contributed by atoms with Crippen LogP contribution < -0.4 is 11.1 Å². The van der Waals surface area contributed by atoms with E-state index in [-0.39, 0.29) is 17.5 Å². The number of benzene rings is 2. The Kier molecular flexibility index (Phi) is 11.8. The number of nitrogen functional groups attached to an aromatic ring is 1. The normalized spacial score (nSPS) is 19.9. The largest absolute Gasteiger partial charge is 0.398 e. The number of rotatable bonds is 14. The van der Waals surface area contributed by atoms with E-state index >= 15 is 13.2 Å². The summed E-state index contributed by atoms with van der Waals surface area (Å²) in [6.07, 6.45) is 9.66. The molecule has 0 spiro atoms. The summed E-state index contributed by atoms with van der Waals surface area (Å²) in [5.41, 5.74) is 10.1. The number of anilines is 1. The van der Waals surface area contributed by atoms with Crippen molar-refractivity contribution in [2.24, 2.45) is 10.9 Å². The molecule has 1 heterocycles. The maximum Gasteiger partial charge on any atom is 0.276 e. The van der Waals surface area contributed by atoms with Gasteiger partial charge in [-0.05, 0) is 69.1 Å². The van der Waals surface area contributed by atoms with Gasteiger partial charge in [-0.15, -0.1) is 0 Å². The zero-order valence-electron chi connectivity index (χ0n) is 26.2. The highest BCUT2D eigenvalue weighted by Gasteiger charge is 2.35. The quantitative estimate of drug-likeness (QED) is 0.175. The molecular formula is C35H52F3N3. The Hall–Kier alpha value is -2.50. The maximum atomic E-state index is 15.7. The minimum absolute atomic E-state index is 0.176. The van der Waals surface area contributed by atoms with Crippen molar-refractivity contribution in [1.29, 1.82) is 0 Å². The van der Waals surface area contributed by atoms with Crippen LogP contribution in [0.15, 0.2) is 35.3 Å². The van der Waals surface area contributed by atoms with Crippen LogP contribution in [0.4, 0.5) is 18.9 Å². The summed E-state index contributed by atoms with van der Waals surface area (Å²) in [6.45, 7) is 12.6. The van der Waals surface area contributed by atoms with Crippen LogP contribution in [0.3, 0.4) is 0 Å². The van der Waals surface area contributed by atoms with E-state index in [0.29, 0.717) is 30.3 Å². The van der Waals surface area contributed by atoms with Crippen LogP contribution in [0.5, 0.6) is 0 Å². The third-order valence-corrected chi connectivity index (χ3v) is 8.84. The molecule has 228 valence electrons. The van der Waals surface area contributed by atoms with Gasteiger partial charge in [0.05, 0.1) is 11.6 Å². The Balaban J connectivity index is 2.08. The second kappa shape index (κ2) is 14.6. The molecule has 6 heteroatoms. The number of amidine groups is 1. The van der Waals surface area contributed by atoms with Crippen molar-refractivity contribution in [3.8, 4) is 0 Å². The molecule has 0 radical (unpaired) electrons. The first-order valence-electron chi connectivity index (χ1n) is 15.9. The van der Waals surface area contributed by atoms with Crippen LogP contribution >= 0.6 is 0 Å². The molecule has 0 saturated heterocycles. The Bertz CT molecular complexity index is 1180. The van der Waals surface area contributed by atoms with Crippen LogP contribution in [0, 0.1) is 11.7 Å². The second-order valence-corrected chi connectivity index (χ2v) is 12.4. The van der Waals surface area contributed by atoms with Gasteiger partial charge < -0.3 is 11.1 Å². The molecule has 0 amide bonds. The first-order valence-corrected chi connectivity index (χ1v) is 15.9. The standard InChI is InChI=1S/C35H52F3N3/c1-7-11-12-19-35(37,38)30-16-13-15-28(31(30)36)24(5)40-33-29-23-26(21-25(10-4)14-8-2)22-27(32(29)39)17-20-34(6,41-33)18-9-3/h13,15-16,22-25H,7-12,14,17-21,39H2,1-6H3,(H,40,41)/t24-,25?,34?/m1/s1. The van der Waals surface area contributed by atoms with E-state index in [1.165, 1.54) is 24.1 Å². The number of aliphatic imine (C=N–C) groups is 1. The van der Waals surface area contributed by atoms with E-state index in [1.807, 2.05) is 6.92 Å². The first kappa shape index (κ1) is 33.0. The Morgan fingerprint density at radius 3 is 2.49 bits per heavy atom. The van der Waals surface area contributed by atoms with Gasteiger partial charge in [-0.1, -0.05) is 90.5 Å². The minimum atomic E-state index is -3.22. The van der Waals surface area contributed by atoms with E-state index < -0.39 is 23.3 Å². The predicted molar refractivity (Wildman–Crippen MR) is 167 cm³/mol. The average molecular weight is 572 g/mol. The van der Waals surface area contributed by atoms with Gasteiger partial charge in [0.15, 0.2) is 0 Å². The molecule has 3 rings (SSSR count). The Labute approximate surface area is 246 Å². The minimum Gasteiger partial charge on any atom is -0.398 e. The number of halogens is 3. The first-order chi connectivity index (χ1) is 19.5. The van der Waals surface area contributed by atoms with Crippen LogP contribution in [-0.2, 0) is 18.8 Å². The highest BCUT2D eigenvalue weighted by Crippen LogP contribution is 2.38. The summed E-state index contributed by atoms with van der Waals surface area (Å²) < 4.78 is 45.8. The van der Waals surface area contributed by atoms with Gasteiger partial charge in [-0.25, -0.2) is 13.2 Å². The van der Waals surface area contributed by atoms with Crippen LogP contribution in [-0.4, -0.2) is 11.4 Å². The van der Waals surface area contributed by atoms with Gasteiger partial charge in [0.1, 0.15) is 11.7 Å². The maximum absolute atomic E-state index is 15.7. The molecule has 1 aliphatic heterocycles. The number of alkyl halides is 2. The Morgan fingerprint density at radius 1 is 1.07 bits per heavy atom. The lowest BCUT2D eigenvalue weighted by Crippen LogP contribution is -2.48. The van der Waals surface area contributed by atoms with Crippen molar-refractivity contribution in [2.45, 2.75) is 136 Å². The number of nitrogens with one attached hydrogen (secondary N) is 1. The fraction of sp³-hybridized carbons (Fsp3) is 0.629. The number of hydrogen-bond donors (Lipinski definition) is 2. The molecule has 2 aromatic rings. The number of nitrogens with zero attached hydrogens (tertiary/aromatic N) is 1. The topological polar surface area (TPSA) is 50.4 Å². The molecule has 2 unspecified atom stereocenters. The lowest BCUT2D eigenvalue weighted by Gasteiger charge is -2.36. The van der Waals surface area contributed by atoms with Crippen molar-refractivity contribution in [2.75, 3.05) is 5.73 Å². The summed E-state index contributed by atoms with van der Waals surface area (Å²) in [6, 6.07) is 8.04. The molecular weight excluding hydrogens is 519 g/mol. The number of fused-ring (bicyclic) bond motifs is 2. The van der Waals surface area contributed by atoms with Crippen molar-refractivity contribution in [1.82, 2.24) is 5.32 Å². The molecule has 0 saturated carbocycles. The summed E-state index contributed by atoms with van der Waals surface area (Å²) in [7, 11) is 0. The smallest absolute Gasteiger partial charge is 0.276 e. The average Bonchev–Trinajstić information content (AvgIpc) is 2.92. The zero-order chi connectivity index (χ0) is 30.2. The summed E-state index contributed by atoms with van der Waals surface area (Å²) in [5, 5.41) is 3.70. The zero-order valence-corrected chi connectivity index (χ0v) is 26.2. The molecule has 2 bridgehead atoms. The van der Waals surface area contributed by atoms with E-state index in [9.17, 15) is 0 Å². The van der Waals surface area contributed by atoms with Gasteiger partial charge in [0, 0.05) is 28.8 Å². The molecule has 3 atom stereocenters. The molecule has 0 aromatic heterocycles. The van der Waals surface area contributed by atoms with E-state index in [1.54, 1.807) is 13.0 Å². The van der Waals surface area contributed by atoms with Gasteiger partial charge >= 0.3 is 0 Å². The summed E-state index contributed by atoms with van der Waals surface area (Å²) in [5.74, 6) is -2.86. The van der Waals surface area contributed by atoms with Crippen molar-refractivity contribution >= 4 is 11.5 Å². The van der Waals surface area contributed by atoms with E-state index in [4.69, 9.17) is 10.7 Å². The molecule has 1 aliphatic rings. The van der Waals surface area contributed by atoms with Crippen molar-refractivity contribution in [3.63, 3.8) is 0 Å². The van der Waals surface area contributed by atoms with Crippen LogP contribution in [0.1, 0.15) is 140 Å². The molecule has 0 aliphatic carbocycles. The SMILES string of the molecule is CCCCCC(F)(F)c1cccc([C@@H](C)N=C2NC(C)(CCC)CCc3cc(CC(CC)CCC)cc2c3N)c1F. The molecule has 3 N–H and O–H groups in total. The molecule has 2 aromatic carbocycles. The van der Waals surface area contributed by atoms with Gasteiger partial charge in [-0.2, -0.15) is 0 Å². The highest BCUT2D eigenvalue weighted by atomic mass is 19.3. The number of unbranched alkanes of at least 4 members (excludes halogenated alkanes) is 2. The molecule has 3 nitrogen and oxygen atoms in total. The van der Waals surface area contributed by atoms with E-state index in [2.05, 4.69) is 45.1 Å². The highest BCUT2D eigenvalue weighted by molar-refractivity contribution is 6.04. The predicted octanol–water partition coefficient (Wildman–Crippen LogP) is 10.1. The van der Waals surface area contributed by atoms with Crippen molar-refractivity contribution < 1.29 is 13.2 Å². The van der Waals surface area contributed by atoms with Gasteiger partial charge in [-0.3, -0.25) is 4.99 Å². The monoisotopic (exact) mass is 571 g/mol. The second-order valence-electron chi connectivity index (χ2n) is 12.4. The fourth-order valence-corrected chi connectivity index (χ4v) is 6.31. The Morgan fingerprint density at radius 2 is 1.83 bits per heavy atom. The molecule has 41 heavy (non-hydrogen) atoms. The summed E-state index contributed by atoms with van der Waals surface area (Å²) in [4.78, 5) is 5.00. The number of nitrogens with two attached hydrogens (primary N) is 1. The summed E-state index contributed by atoms with van der Waals surface area (Å²) >= 11 is 0. The lowest BCUT2D eigenvalue weighted by molar-refractivity contribution is -0.0192. The van der Waals surface area contributed by atoms with E-state index in [0.717, 1.165) is 62.5 Å². The van der Waals surface area contributed by atoms with Crippen molar-refractivity contribution in [3.05, 3.63) is 64.0 Å². The molecule has 0 fully saturated rings. The third kappa shape index (κ3) is 8.29. The van der Waals surface area contributed by atoms with Crippen LogP contribution in [0.25, 0.3) is 0 Å². The van der Waals surface area contributed by atoms with Crippen LogP contribution in [0.2, 0.25) is 0 Å². The lowest BCUT2D eigenvalue weighted by atomic mass is 9.83. The number of aryl methyl sites for hydroxylation is 1. The number of hydrogen-bond acceptors (Lipinski definition) is 2. The van der Waals surface area contributed by atoms with Gasteiger partial charge in [0.25, 0.3) is 5.92 Å². The fourth-order valence-electron chi connectivity index (χ4n) is 6.31. The van der Waals surface area contributed by atoms with Gasteiger partial charge in [0.2, 0.25) is 0 Å². The third-order valence-electron chi connectivity index (χ3n) is 8.84.